The predicted octanol–water partition coefficient (Wildman–Crippen LogP) is 3.00. The van der Waals surface area contributed by atoms with Gasteiger partial charge in [0.2, 0.25) is 5.91 Å². The first-order chi connectivity index (χ1) is 9.72. The molecule has 0 spiro atoms. The molecule has 2 nitrogen and oxygen atoms in total. The van der Waals surface area contributed by atoms with E-state index in [9.17, 15) is 4.79 Å². The van der Waals surface area contributed by atoms with Gasteiger partial charge in [-0.05, 0) is 11.1 Å². The number of carbonyl (C=O) groups excluding carboxylic acids is 1. The normalized spacial score (nSPS) is 17.2. The molecule has 0 bridgehead atoms. The molecule has 0 saturated carbocycles. The Hall–Kier alpha value is -2.35. The largest absolute Gasteiger partial charge is 0.341 e. The van der Waals surface area contributed by atoms with Gasteiger partial charge in [0.1, 0.15) is 0 Å². The average Bonchev–Trinajstić information content (AvgIpc) is 2.52. The summed E-state index contributed by atoms with van der Waals surface area (Å²) in [6.07, 6.45) is 3.73. The summed E-state index contributed by atoms with van der Waals surface area (Å²) in [5.74, 6) is 0.0625. The van der Waals surface area contributed by atoms with Gasteiger partial charge in [-0.1, -0.05) is 66.7 Å². The molecule has 1 aliphatic rings. The Morgan fingerprint density at radius 1 is 0.900 bits per heavy atom. The van der Waals surface area contributed by atoms with Gasteiger partial charge in [0.25, 0.3) is 0 Å². The van der Waals surface area contributed by atoms with Crippen LogP contribution in [0.25, 0.3) is 0 Å². The molecule has 0 radical (unpaired) electrons. The highest BCUT2D eigenvalue weighted by atomic mass is 16.2. The summed E-state index contributed by atoms with van der Waals surface area (Å²) in [4.78, 5) is 13.6. The van der Waals surface area contributed by atoms with E-state index in [0.717, 1.165) is 0 Å². The molecular weight excluding hydrogens is 246 g/mol. The summed E-state index contributed by atoms with van der Waals surface area (Å²) in [5, 5.41) is 0. The Labute approximate surface area is 119 Å². The highest BCUT2D eigenvalue weighted by Gasteiger charge is 2.36. The topological polar surface area (TPSA) is 20.3 Å². The van der Waals surface area contributed by atoms with E-state index >= 15 is 0 Å². The molecule has 2 aromatic carbocycles. The van der Waals surface area contributed by atoms with Gasteiger partial charge in [-0.2, -0.15) is 0 Å². The lowest BCUT2D eigenvalue weighted by Crippen LogP contribution is -2.44. The second kappa shape index (κ2) is 4.97. The van der Waals surface area contributed by atoms with Crippen molar-refractivity contribution in [1.82, 2.24) is 4.90 Å². The molecule has 2 aromatic rings. The summed E-state index contributed by atoms with van der Waals surface area (Å²) >= 11 is 0. The molecule has 0 atom stereocenters. The van der Waals surface area contributed by atoms with Crippen LogP contribution in [0.1, 0.15) is 11.1 Å². The third-order valence-corrected chi connectivity index (χ3v) is 3.95. The maximum absolute atomic E-state index is 11.8. The number of rotatable bonds is 2. The number of nitrogens with zero attached hydrogens (tertiary/aromatic N) is 1. The van der Waals surface area contributed by atoms with Crippen LogP contribution in [0.5, 0.6) is 0 Å². The van der Waals surface area contributed by atoms with Crippen LogP contribution in [-0.2, 0) is 10.2 Å². The molecule has 0 aromatic heterocycles. The summed E-state index contributed by atoms with van der Waals surface area (Å²) < 4.78 is 0. The molecule has 2 heteroatoms. The number of benzene rings is 2. The molecule has 1 amide bonds. The number of hydrogen-bond donors (Lipinski definition) is 0. The van der Waals surface area contributed by atoms with Crippen molar-refractivity contribution in [2.45, 2.75) is 5.41 Å². The van der Waals surface area contributed by atoms with E-state index in [0.29, 0.717) is 6.54 Å². The zero-order chi connectivity index (χ0) is 14.0. The van der Waals surface area contributed by atoms with Crippen LogP contribution >= 0.6 is 0 Å². The van der Waals surface area contributed by atoms with Gasteiger partial charge in [-0.15, -0.1) is 0 Å². The van der Waals surface area contributed by atoms with Crippen LogP contribution in [0.4, 0.5) is 0 Å². The summed E-state index contributed by atoms with van der Waals surface area (Å²) in [7, 11) is 1.85. The van der Waals surface area contributed by atoms with Gasteiger partial charge in [0.05, 0.1) is 5.41 Å². The SMILES string of the molecule is CN1CC(c2ccccc2)(c2ccccc2)C=CC1=O. The lowest BCUT2D eigenvalue weighted by molar-refractivity contribution is -0.125. The van der Waals surface area contributed by atoms with Crippen molar-refractivity contribution in [1.29, 1.82) is 0 Å². The Morgan fingerprint density at radius 3 is 1.85 bits per heavy atom. The third-order valence-electron chi connectivity index (χ3n) is 3.95. The van der Waals surface area contributed by atoms with Crippen LogP contribution in [0.15, 0.2) is 72.8 Å². The summed E-state index contributed by atoms with van der Waals surface area (Å²) in [6, 6.07) is 20.7. The number of carbonyl (C=O) groups is 1. The first-order valence-corrected chi connectivity index (χ1v) is 6.78. The van der Waals surface area contributed by atoms with Crippen molar-refractivity contribution < 1.29 is 4.79 Å². The minimum absolute atomic E-state index is 0.0625. The van der Waals surface area contributed by atoms with Crippen molar-refractivity contribution in [2.24, 2.45) is 0 Å². The van der Waals surface area contributed by atoms with E-state index < -0.39 is 0 Å². The van der Waals surface area contributed by atoms with Gasteiger partial charge in [0, 0.05) is 19.7 Å². The second-order valence-electron chi connectivity index (χ2n) is 5.23. The highest BCUT2D eigenvalue weighted by Crippen LogP contribution is 2.36. The Morgan fingerprint density at radius 2 is 1.40 bits per heavy atom. The van der Waals surface area contributed by atoms with Gasteiger partial charge >= 0.3 is 0 Å². The lowest BCUT2D eigenvalue weighted by atomic mass is 9.72. The molecule has 1 heterocycles. The monoisotopic (exact) mass is 263 g/mol. The number of likely N-dealkylation sites (N-methyl/N-ethyl adjacent to an activating group) is 1. The molecule has 0 aliphatic carbocycles. The van der Waals surface area contributed by atoms with Crippen LogP contribution in [0.3, 0.4) is 0 Å². The molecule has 0 fully saturated rings. The quantitative estimate of drug-likeness (QED) is 0.815. The third kappa shape index (κ3) is 2.03. The van der Waals surface area contributed by atoms with Gasteiger partial charge < -0.3 is 4.90 Å². The zero-order valence-corrected chi connectivity index (χ0v) is 11.5. The zero-order valence-electron chi connectivity index (χ0n) is 11.5. The molecule has 0 N–H and O–H groups in total. The number of amides is 1. The molecule has 1 aliphatic heterocycles. The molecule has 0 unspecified atom stereocenters. The van der Waals surface area contributed by atoms with Crippen molar-refractivity contribution in [3.05, 3.63) is 83.9 Å². The van der Waals surface area contributed by atoms with Crippen LogP contribution in [0, 0.1) is 0 Å². The first kappa shape index (κ1) is 12.7. The van der Waals surface area contributed by atoms with Crippen molar-refractivity contribution in [3.63, 3.8) is 0 Å². The van der Waals surface area contributed by atoms with E-state index in [2.05, 4.69) is 24.3 Å². The van der Waals surface area contributed by atoms with Crippen molar-refractivity contribution in [2.75, 3.05) is 13.6 Å². The van der Waals surface area contributed by atoms with Gasteiger partial charge in [-0.3, -0.25) is 4.79 Å². The van der Waals surface area contributed by atoms with Crippen LogP contribution in [0.2, 0.25) is 0 Å². The maximum Gasteiger partial charge on any atom is 0.246 e. The lowest BCUT2D eigenvalue weighted by Gasteiger charge is -2.38. The highest BCUT2D eigenvalue weighted by molar-refractivity contribution is 5.89. The Balaban J connectivity index is 2.19. The van der Waals surface area contributed by atoms with Crippen LogP contribution < -0.4 is 0 Å². The fourth-order valence-electron chi connectivity index (χ4n) is 2.86. The first-order valence-electron chi connectivity index (χ1n) is 6.78. The molecule has 20 heavy (non-hydrogen) atoms. The van der Waals surface area contributed by atoms with Gasteiger partial charge in [0.15, 0.2) is 0 Å². The molecular formula is C18H17NO. The molecule has 3 rings (SSSR count). The van der Waals surface area contributed by atoms with E-state index in [-0.39, 0.29) is 11.3 Å². The average molecular weight is 263 g/mol. The second-order valence-corrected chi connectivity index (χ2v) is 5.23. The van der Waals surface area contributed by atoms with E-state index in [1.165, 1.54) is 11.1 Å². The maximum atomic E-state index is 11.8. The smallest absolute Gasteiger partial charge is 0.246 e. The summed E-state index contributed by atoms with van der Waals surface area (Å²) in [5.41, 5.74) is 2.16. The van der Waals surface area contributed by atoms with Crippen molar-refractivity contribution >= 4 is 5.91 Å². The number of hydrogen-bond acceptors (Lipinski definition) is 1. The minimum Gasteiger partial charge on any atom is -0.341 e. The van der Waals surface area contributed by atoms with E-state index in [1.54, 1.807) is 11.0 Å². The fourth-order valence-corrected chi connectivity index (χ4v) is 2.86. The Bertz CT molecular complexity index is 591. The Kier molecular flexibility index (Phi) is 3.15. The fraction of sp³-hybridized carbons (Fsp3) is 0.167. The van der Waals surface area contributed by atoms with Crippen LogP contribution in [-0.4, -0.2) is 24.4 Å². The van der Waals surface area contributed by atoms with E-state index in [4.69, 9.17) is 0 Å². The van der Waals surface area contributed by atoms with E-state index in [1.807, 2.05) is 49.5 Å². The van der Waals surface area contributed by atoms with Crippen molar-refractivity contribution in [3.8, 4) is 0 Å². The predicted molar refractivity (Wildman–Crippen MR) is 80.4 cm³/mol. The molecule has 0 saturated heterocycles. The summed E-state index contributed by atoms with van der Waals surface area (Å²) in [6.45, 7) is 0.663. The molecule has 100 valence electrons. The van der Waals surface area contributed by atoms with Gasteiger partial charge in [-0.25, -0.2) is 0 Å². The standard InChI is InChI=1S/C18H17NO/c1-19-14-18(13-12-17(19)20,15-8-4-2-5-9-15)16-10-6-3-7-11-16/h2-13H,14H2,1H3. The minimum atomic E-state index is -0.259.